The lowest BCUT2D eigenvalue weighted by Gasteiger charge is -2.21. The normalized spacial score (nSPS) is 19.8. The van der Waals surface area contributed by atoms with Crippen molar-refractivity contribution in [1.82, 2.24) is 5.32 Å². The van der Waals surface area contributed by atoms with E-state index >= 15 is 0 Å². The zero-order valence-corrected chi connectivity index (χ0v) is 16.2. The second-order valence-electron chi connectivity index (χ2n) is 6.24. The molecule has 0 radical (unpaired) electrons. The number of amides is 1. The van der Waals surface area contributed by atoms with Crippen molar-refractivity contribution in [2.75, 3.05) is 24.5 Å². The van der Waals surface area contributed by atoms with Crippen LogP contribution in [-0.4, -0.2) is 31.6 Å². The molecule has 0 aromatic heterocycles. The molecule has 3 unspecified atom stereocenters. The van der Waals surface area contributed by atoms with Gasteiger partial charge in [0.25, 0.3) is 0 Å². The van der Waals surface area contributed by atoms with Gasteiger partial charge in [0.15, 0.2) is 0 Å². The number of nitrogens with two attached hydrogens (primary N) is 1. The molecule has 4 nitrogen and oxygen atoms in total. The minimum absolute atomic E-state index is 0. The molecular weight excluding hydrogens is 378 g/mol. The minimum Gasteiger partial charge on any atom is -0.371 e. The Balaban J connectivity index is 0.00000264. The highest BCUT2D eigenvalue weighted by Gasteiger charge is 2.25. The van der Waals surface area contributed by atoms with E-state index in [0.29, 0.717) is 12.5 Å². The summed E-state index contributed by atoms with van der Waals surface area (Å²) in [5.41, 5.74) is 7.20. The van der Waals surface area contributed by atoms with Crippen LogP contribution in [0, 0.1) is 11.8 Å². The van der Waals surface area contributed by atoms with Gasteiger partial charge in [-0.2, -0.15) is 0 Å². The molecule has 1 aromatic carbocycles. The molecule has 2 rings (SSSR count). The summed E-state index contributed by atoms with van der Waals surface area (Å²) in [6.07, 6.45) is 2.03. The van der Waals surface area contributed by atoms with Gasteiger partial charge >= 0.3 is 0 Å². The van der Waals surface area contributed by atoms with Crippen LogP contribution in [0.25, 0.3) is 0 Å². The van der Waals surface area contributed by atoms with Crippen LogP contribution < -0.4 is 16.0 Å². The molecule has 3 N–H and O–H groups in total. The Morgan fingerprint density at radius 2 is 2.26 bits per heavy atom. The van der Waals surface area contributed by atoms with E-state index in [4.69, 9.17) is 5.73 Å². The van der Waals surface area contributed by atoms with Crippen molar-refractivity contribution >= 4 is 39.9 Å². The van der Waals surface area contributed by atoms with Gasteiger partial charge in [0.1, 0.15) is 0 Å². The molecule has 130 valence electrons. The first-order valence-corrected chi connectivity index (χ1v) is 8.84. The second-order valence-corrected chi connectivity index (χ2v) is 7.15. The average Bonchev–Trinajstić information content (AvgIpc) is 3.00. The summed E-state index contributed by atoms with van der Waals surface area (Å²) < 4.78 is 1.10. The molecule has 6 heteroatoms. The zero-order chi connectivity index (χ0) is 16.1. The number of anilines is 1. The molecule has 1 heterocycles. The van der Waals surface area contributed by atoms with Crippen LogP contribution in [0.2, 0.25) is 0 Å². The summed E-state index contributed by atoms with van der Waals surface area (Å²) in [5, 5.41) is 3.02. The molecule has 1 fully saturated rings. The lowest BCUT2D eigenvalue weighted by Crippen LogP contribution is -2.46. The predicted octanol–water partition coefficient (Wildman–Crippen LogP) is 3.19. The fourth-order valence-corrected chi connectivity index (χ4v) is 3.17. The topological polar surface area (TPSA) is 58.4 Å². The van der Waals surface area contributed by atoms with Gasteiger partial charge in [0, 0.05) is 29.8 Å². The Labute approximate surface area is 153 Å². The molecular formula is C17H27BrClN3O. The van der Waals surface area contributed by atoms with Gasteiger partial charge in [0.2, 0.25) is 5.91 Å². The van der Waals surface area contributed by atoms with E-state index in [1.54, 1.807) is 0 Å². The number of hydrogen-bond acceptors (Lipinski definition) is 3. The average molecular weight is 405 g/mol. The van der Waals surface area contributed by atoms with Crippen molar-refractivity contribution < 1.29 is 4.79 Å². The third-order valence-corrected chi connectivity index (χ3v) is 5.08. The molecule has 1 aliphatic heterocycles. The number of rotatable bonds is 6. The third kappa shape index (κ3) is 5.66. The SMILES string of the molecule is CCC(C)C(N)C(=O)NCC1CCN(c2cccc(Br)c2)C1.Cl. The van der Waals surface area contributed by atoms with Gasteiger partial charge in [-0.1, -0.05) is 42.3 Å². The number of hydrogen-bond donors (Lipinski definition) is 2. The molecule has 0 spiro atoms. The maximum Gasteiger partial charge on any atom is 0.237 e. The van der Waals surface area contributed by atoms with Crippen molar-refractivity contribution in [2.45, 2.75) is 32.7 Å². The van der Waals surface area contributed by atoms with Crippen LogP contribution in [-0.2, 0) is 4.79 Å². The summed E-state index contributed by atoms with van der Waals surface area (Å²) in [6, 6.07) is 7.96. The maximum atomic E-state index is 12.0. The van der Waals surface area contributed by atoms with Gasteiger partial charge in [-0.3, -0.25) is 4.79 Å². The smallest absolute Gasteiger partial charge is 0.237 e. The summed E-state index contributed by atoms with van der Waals surface area (Å²) in [4.78, 5) is 14.4. The molecule has 1 amide bonds. The summed E-state index contributed by atoms with van der Waals surface area (Å²) in [7, 11) is 0. The highest BCUT2D eigenvalue weighted by molar-refractivity contribution is 9.10. The number of nitrogens with zero attached hydrogens (tertiary/aromatic N) is 1. The van der Waals surface area contributed by atoms with E-state index in [1.165, 1.54) is 5.69 Å². The maximum absolute atomic E-state index is 12.0. The van der Waals surface area contributed by atoms with Crippen molar-refractivity contribution in [3.8, 4) is 0 Å². The Morgan fingerprint density at radius 1 is 1.52 bits per heavy atom. The van der Waals surface area contributed by atoms with E-state index in [-0.39, 0.29) is 24.2 Å². The monoisotopic (exact) mass is 403 g/mol. The van der Waals surface area contributed by atoms with Gasteiger partial charge in [-0.05, 0) is 36.5 Å². The van der Waals surface area contributed by atoms with E-state index in [2.05, 4.69) is 51.3 Å². The van der Waals surface area contributed by atoms with Gasteiger partial charge in [-0.25, -0.2) is 0 Å². The first kappa shape index (κ1) is 20.3. The molecule has 23 heavy (non-hydrogen) atoms. The van der Waals surface area contributed by atoms with Crippen LogP contribution in [0.3, 0.4) is 0 Å². The minimum atomic E-state index is -0.396. The molecule has 1 aliphatic rings. The lowest BCUT2D eigenvalue weighted by atomic mass is 9.99. The molecule has 0 aliphatic carbocycles. The van der Waals surface area contributed by atoms with Crippen molar-refractivity contribution in [2.24, 2.45) is 17.6 Å². The number of nitrogens with one attached hydrogen (secondary N) is 1. The second kappa shape index (κ2) is 9.50. The molecule has 1 saturated heterocycles. The molecule has 0 saturated carbocycles. The Hall–Kier alpha value is -0.780. The Bertz CT molecular complexity index is 514. The van der Waals surface area contributed by atoms with Crippen LogP contribution in [0.15, 0.2) is 28.7 Å². The molecule has 0 bridgehead atoms. The third-order valence-electron chi connectivity index (χ3n) is 4.58. The van der Waals surface area contributed by atoms with Gasteiger partial charge in [-0.15, -0.1) is 12.4 Å². The van der Waals surface area contributed by atoms with E-state index in [1.807, 2.05) is 13.0 Å². The van der Waals surface area contributed by atoms with Crippen molar-refractivity contribution in [1.29, 1.82) is 0 Å². The van der Waals surface area contributed by atoms with Gasteiger partial charge < -0.3 is 16.0 Å². The highest BCUT2D eigenvalue weighted by atomic mass is 79.9. The number of carbonyl (C=O) groups is 1. The molecule has 1 aromatic rings. The fourth-order valence-electron chi connectivity index (χ4n) is 2.78. The van der Waals surface area contributed by atoms with Crippen LogP contribution in [0.4, 0.5) is 5.69 Å². The quantitative estimate of drug-likeness (QED) is 0.765. The van der Waals surface area contributed by atoms with Crippen LogP contribution in [0.1, 0.15) is 26.7 Å². The van der Waals surface area contributed by atoms with E-state index in [9.17, 15) is 4.79 Å². The summed E-state index contributed by atoms with van der Waals surface area (Å²) in [6.45, 7) is 6.82. The first-order chi connectivity index (χ1) is 10.5. The first-order valence-electron chi connectivity index (χ1n) is 8.05. The fraction of sp³-hybridized carbons (Fsp3) is 0.588. The van der Waals surface area contributed by atoms with E-state index in [0.717, 1.165) is 30.4 Å². The Kier molecular flexibility index (Phi) is 8.37. The van der Waals surface area contributed by atoms with Crippen molar-refractivity contribution in [3.05, 3.63) is 28.7 Å². The standard InChI is InChI=1S/C17H26BrN3O.ClH/c1-3-12(2)16(19)17(22)20-10-13-7-8-21(11-13)15-6-4-5-14(18)9-15;/h4-6,9,12-13,16H,3,7-8,10-11,19H2,1-2H3,(H,20,22);1H. The van der Waals surface area contributed by atoms with Crippen molar-refractivity contribution in [3.63, 3.8) is 0 Å². The zero-order valence-electron chi connectivity index (χ0n) is 13.8. The number of carbonyl (C=O) groups excluding carboxylic acids is 1. The Morgan fingerprint density at radius 3 is 2.91 bits per heavy atom. The molecule has 3 atom stereocenters. The summed E-state index contributed by atoms with van der Waals surface area (Å²) >= 11 is 3.51. The lowest BCUT2D eigenvalue weighted by molar-refractivity contribution is -0.123. The highest BCUT2D eigenvalue weighted by Crippen LogP contribution is 2.25. The van der Waals surface area contributed by atoms with Crippen LogP contribution >= 0.6 is 28.3 Å². The predicted molar refractivity (Wildman–Crippen MR) is 102 cm³/mol. The largest absolute Gasteiger partial charge is 0.371 e. The van der Waals surface area contributed by atoms with E-state index < -0.39 is 6.04 Å². The van der Waals surface area contributed by atoms with Crippen LogP contribution in [0.5, 0.6) is 0 Å². The summed E-state index contributed by atoms with van der Waals surface area (Å²) in [5.74, 6) is 0.698. The number of halogens is 2. The number of benzene rings is 1. The van der Waals surface area contributed by atoms with Gasteiger partial charge in [0.05, 0.1) is 6.04 Å².